The molecule has 0 aromatic heterocycles. The topological polar surface area (TPSA) is 200 Å². The summed E-state index contributed by atoms with van der Waals surface area (Å²) in [6, 6.07) is 0. The molecule has 12 nitrogen and oxygen atoms in total. The summed E-state index contributed by atoms with van der Waals surface area (Å²) >= 11 is 0. The molecule has 0 saturated carbocycles. The SMILES string of the molecule is O=P(O)(O)OB(OP(=O)(O)O)OP(=O)(O)O. The van der Waals surface area contributed by atoms with Crippen LogP contribution in [0.2, 0.25) is 0 Å². The van der Waals surface area contributed by atoms with Crippen LogP contribution in [0.25, 0.3) is 0 Å². The Labute approximate surface area is 88.1 Å². The highest BCUT2D eigenvalue weighted by atomic mass is 31.2. The Morgan fingerprint density at radius 3 is 0.938 bits per heavy atom. The average molecular weight is 302 g/mol. The Morgan fingerprint density at radius 2 is 0.812 bits per heavy atom. The lowest BCUT2D eigenvalue weighted by Gasteiger charge is -2.15. The van der Waals surface area contributed by atoms with E-state index in [9.17, 15) is 13.7 Å². The van der Waals surface area contributed by atoms with Gasteiger partial charge < -0.3 is 29.4 Å². The van der Waals surface area contributed by atoms with Gasteiger partial charge in [-0.05, 0) is 0 Å². The lowest BCUT2D eigenvalue weighted by molar-refractivity contribution is 0.182. The summed E-state index contributed by atoms with van der Waals surface area (Å²) in [6.45, 7) is 0. The smallest absolute Gasteiger partial charge is 0.303 e. The molecular weight excluding hydrogens is 296 g/mol. The molecule has 0 atom stereocenters. The lowest BCUT2D eigenvalue weighted by atomic mass is 10.3. The van der Waals surface area contributed by atoms with E-state index < -0.39 is 30.8 Å². The number of phosphoric acid groups is 3. The van der Waals surface area contributed by atoms with Gasteiger partial charge in [0.15, 0.2) is 0 Å². The van der Waals surface area contributed by atoms with Gasteiger partial charge in [0.05, 0.1) is 0 Å². The molecule has 0 aromatic rings. The van der Waals surface area contributed by atoms with Crippen LogP contribution in [-0.4, -0.2) is 36.7 Å². The number of rotatable bonds is 6. The maximum Gasteiger partial charge on any atom is 0.665 e. The zero-order chi connectivity index (χ0) is 13.2. The molecule has 0 bridgehead atoms. The van der Waals surface area contributed by atoms with Crippen LogP contribution in [0.3, 0.4) is 0 Å². The number of hydrogen-bond donors (Lipinski definition) is 6. The van der Waals surface area contributed by atoms with Crippen LogP contribution in [0.4, 0.5) is 0 Å². The van der Waals surface area contributed by atoms with Crippen molar-refractivity contribution in [3.05, 3.63) is 0 Å². The molecule has 0 fully saturated rings. The third-order valence-electron chi connectivity index (χ3n) is 0.670. The first-order valence-electron chi connectivity index (χ1n) is 3.00. The van der Waals surface area contributed by atoms with Gasteiger partial charge in [-0.15, -0.1) is 0 Å². The van der Waals surface area contributed by atoms with Gasteiger partial charge in [0.2, 0.25) is 0 Å². The van der Waals surface area contributed by atoms with Crippen molar-refractivity contribution in [2.75, 3.05) is 0 Å². The van der Waals surface area contributed by atoms with Gasteiger partial charge in [0.25, 0.3) is 0 Å². The standard InChI is InChI=1S/BH6O12P3/c2-14(3,4)11-1(12-15(5,6)7)13-16(8,9)10/h(H2,2,3,4)(H2,5,6,7)(H2,8,9,10). The highest BCUT2D eigenvalue weighted by Crippen LogP contribution is 2.47. The normalized spacial score (nSPS) is 13.9. The van der Waals surface area contributed by atoms with Crippen molar-refractivity contribution in [1.29, 1.82) is 0 Å². The molecule has 0 aliphatic heterocycles. The van der Waals surface area contributed by atoms with Gasteiger partial charge >= 0.3 is 30.8 Å². The van der Waals surface area contributed by atoms with Crippen LogP contribution in [0.1, 0.15) is 0 Å². The summed E-state index contributed by atoms with van der Waals surface area (Å²) in [4.78, 5) is 49.2. The van der Waals surface area contributed by atoms with Crippen LogP contribution in [0, 0.1) is 0 Å². The molecule has 16 heavy (non-hydrogen) atoms. The molecule has 0 aliphatic rings. The summed E-state index contributed by atoms with van der Waals surface area (Å²) in [6.07, 6.45) is 0. The molecule has 0 spiro atoms. The van der Waals surface area contributed by atoms with Gasteiger partial charge in [0.1, 0.15) is 0 Å². The second-order valence-electron chi connectivity index (χ2n) is 2.08. The Hall–Kier alpha value is 0.395. The Morgan fingerprint density at radius 1 is 0.625 bits per heavy atom. The average Bonchev–Trinajstić information content (AvgIpc) is 1.70. The minimum atomic E-state index is -5.33. The predicted octanol–water partition coefficient (Wildman–Crippen LogP) is -1.70. The van der Waals surface area contributed by atoms with Crippen molar-refractivity contribution in [3.8, 4) is 0 Å². The Kier molecular flexibility index (Phi) is 5.49. The van der Waals surface area contributed by atoms with Crippen molar-refractivity contribution < 1.29 is 56.4 Å². The monoisotopic (exact) mass is 302 g/mol. The fraction of sp³-hybridized carbons (Fsp3) is 0. The zero-order valence-electron chi connectivity index (χ0n) is 7.05. The Balaban J connectivity index is 4.72. The van der Waals surface area contributed by atoms with Gasteiger partial charge in [0, 0.05) is 0 Å². The second-order valence-corrected chi connectivity index (χ2v) is 5.65. The largest absolute Gasteiger partial charge is 0.665 e. The van der Waals surface area contributed by atoms with Crippen molar-refractivity contribution in [1.82, 2.24) is 0 Å². The molecule has 0 aromatic carbocycles. The third-order valence-corrected chi connectivity index (χ3v) is 2.01. The Bertz CT molecular complexity index is 295. The highest BCUT2D eigenvalue weighted by molar-refractivity contribution is 7.51. The van der Waals surface area contributed by atoms with Crippen molar-refractivity contribution in [2.45, 2.75) is 0 Å². The van der Waals surface area contributed by atoms with Crippen molar-refractivity contribution >= 4 is 30.8 Å². The van der Waals surface area contributed by atoms with Gasteiger partial charge in [-0.25, -0.2) is 13.7 Å². The van der Waals surface area contributed by atoms with Crippen LogP contribution in [0.15, 0.2) is 0 Å². The maximum atomic E-state index is 10.2. The van der Waals surface area contributed by atoms with Crippen molar-refractivity contribution in [3.63, 3.8) is 0 Å². The minimum Gasteiger partial charge on any atom is -0.303 e. The minimum absolute atomic E-state index is 2.93. The van der Waals surface area contributed by atoms with E-state index >= 15 is 0 Å². The molecule has 16 heteroatoms. The molecule has 0 saturated heterocycles. The van der Waals surface area contributed by atoms with E-state index in [1.54, 1.807) is 0 Å². The maximum absolute atomic E-state index is 10.2. The van der Waals surface area contributed by atoms with Crippen molar-refractivity contribution in [2.24, 2.45) is 0 Å². The van der Waals surface area contributed by atoms with E-state index in [-0.39, 0.29) is 0 Å². The first-order valence-corrected chi connectivity index (χ1v) is 7.59. The molecular formula is H6BO12P3. The predicted molar refractivity (Wildman–Crippen MR) is 45.1 cm³/mol. The summed E-state index contributed by atoms with van der Waals surface area (Å²) in [5.41, 5.74) is 0. The van der Waals surface area contributed by atoms with Crippen LogP contribution in [-0.2, 0) is 27.0 Å². The lowest BCUT2D eigenvalue weighted by Crippen LogP contribution is -2.23. The molecule has 0 aliphatic carbocycles. The van der Waals surface area contributed by atoms with E-state index in [4.69, 9.17) is 29.4 Å². The van der Waals surface area contributed by atoms with Gasteiger partial charge in [-0.1, -0.05) is 0 Å². The summed E-state index contributed by atoms with van der Waals surface area (Å²) in [5, 5.41) is 0. The number of hydrogen-bond acceptors (Lipinski definition) is 6. The zero-order valence-corrected chi connectivity index (χ0v) is 9.74. The molecule has 0 heterocycles. The quantitative estimate of drug-likeness (QED) is 0.240. The first kappa shape index (κ1) is 16.4. The summed E-state index contributed by atoms with van der Waals surface area (Å²) in [5.74, 6) is 0. The second kappa shape index (κ2) is 5.36. The third kappa shape index (κ3) is 10.9. The van der Waals surface area contributed by atoms with E-state index in [0.717, 1.165) is 0 Å². The van der Waals surface area contributed by atoms with Crippen LogP contribution >= 0.6 is 23.5 Å². The van der Waals surface area contributed by atoms with E-state index in [1.807, 2.05) is 0 Å². The fourth-order valence-corrected chi connectivity index (χ4v) is 1.53. The first-order chi connectivity index (χ1) is 6.79. The van der Waals surface area contributed by atoms with Crippen LogP contribution < -0.4 is 0 Å². The van der Waals surface area contributed by atoms with Gasteiger partial charge in [-0.2, -0.15) is 0 Å². The summed E-state index contributed by atoms with van der Waals surface area (Å²) < 4.78 is 40.9. The van der Waals surface area contributed by atoms with E-state index in [1.165, 1.54) is 0 Å². The molecule has 0 unspecified atom stereocenters. The van der Waals surface area contributed by atoms with Crippen LogP contribution in [0.5, 0.6) is 0 Å². The van der Waals surface area contributed by atoms with E-state index in [2.05, 4.69) is 13.3 Å². The molecule has 0 radical (unpaired) electrons. The highest BCUT2D eigenvalue weighted by Gasteiger charge is 2.42. The van der Waals surface area contributed by atoms with Gasteiger partial charge in [-0.3, -0.25) is 13.3 Å². The van der Waals surface area contributed by atoms with E-state index in [0.29, 0.717) is 0 Å². The molecule has 96 valence electrons. The molecule has 0 amide bonds. The molecule has 0 rings (SSSR count). The summed E-state index contributed by atoms with van der Waals surface area (Å²) in [7, 11) is -18.9. The molecule has 6 N–H and O–H groups in total. The fourth-order valence-electron chi connectivity index (χ4n) is 0.394.